The summed E-state index contributed by atoms with van der Waals surface area (Å²) in [6.45, 7) is 8.62. The van der Waals surface area contributed by atoms with Gasteiger partial charge in [-0.2, -0.15) is 0 Å². The normalized spacial score (nSPS) is 19.5. The third-order valence-corrected chi connectivity index (χ3v) is 5.72. The summed E-state index contributed by atoms with van der Waals surface area (Å²) in [5, 5.41) is 3.00. The van der Waals surface area contributed by atoms with Crippen molar-refractivity contribution in [2.75, 3.05) is 40.0 Å². The van der Waals surface area contributed by atoms with Crippen LogP contribution in [0.25, 0.3) is 0 Å². The molecule has 1 saturated heterocycles. The molecule has 0 spiro atoms. The van der Waals surface area contributed by atoms with Gasteiger partial charge in [0.25, 0.3) is 5.91 Å². The Balaban J connectivity index is 1.98. The van der Waals surface area contributed by atoms with Gasteiger partial charge in [-0.15, -0.1) is 0 Å². The fourth-order valence-electron chi connectivity index (χ4n) is 3.83. The van der Waals surface area contributed by atoms with E-state index in [9.17, 15) is 14.4 Å². The number of rotatable bonds is 6. The van der Waals surface area contributed by atoms with Crippen LogP contribution in [0.1, 0.15) is 49.2 Å². The molecule has 2 aliphatic rings. The first-order chi connectivity index (χ1) is 14.8. The molecule has 1 aromatic rings. The van der Waals surface area contributed by atoms with Crippen molar-refractivity contribution < 1.29 is 23.9 Å². The number of nitrogens with zero attached hydrogens (tertiary/aromatic N) is 2. The Morgan fingerprint density at radius 2 is 1.84 bits per heavy atom. The van der Waals surface area contributed by atoms with Crippen LogP contribution in [0.4, 0.5) is 4.79 Å². The highest BCUT2D eigenvalue weighted by atomic mass is 16.5. The quantitative estimate of drug-likeness (QED) is 0.703. The van der Waals surface area contributed by atoms with Crippen LogP contribution in [-0.4, -0.2) is 67.7 Å². The summed E-state index contributed by atoms with van der Waals surface area (Å²) in [6, 6.07) is 5.97. The van der Waals surface area contributed by atoms with Crippen molar-refractivity contribution in [3.63, 3.8) is 0 Å². The van der Waals surface area contributed by atoms with Crippen LogP contribution in [-0.2, 0) is 14.3 Å². The molecule has 31 heavy (non-hydrogen) atoms. The number of ether oxygens (including phenoxy) is 2. The molecule has 2 aliphatic heterocycles. The maximum Gasteiger partial charge on any atom is 0.337 e. The number of morpholine rings is 1. The van der Waals surface area contributed by atoms with Gasteiger partial charge in [0, 0.05) is 25.3 Å². The molecule has 0 unspecified atom stereocenters. The Hall–Kier alpha value is -2.87. The standard InChI is InChI=1S/C23H31N3O5/c1-15(2)9-10-26-16(3)19(21(27)25-11-13-31-14-12-25)20(24-23(26)29)17-5-7-18(8-6-17)22(28)30-4/h5-8,15,20H,9-14H2,1-4H3,(H,24,29)/t20-/m1/s1. The molecule has 0 saturated carbocycles. The molecule has 3 rings (SSSR count). The van der Waals surface area contributed by atoms with Crippen LogP contribution >= 0.6 is 0 Å². The van der Waals surface area contributed by atoms with Gasteiger partial charge in [-0.1, -0.05) is 26.0 Å². The Morgan fingerprint density at radius 3 is 2.42 bits per heavy atom. The summed E-state index contributed by atoms with van der Waals surface area (Å²) < 4.78 is 10.1. The summed E-state index contributed by atoms with van der Waals surface area (Å²) in [4.78, 5) is 41.7. The molecule has 1 fully saturated rings. The highest BCUT2D eigenvalue weighted by molar-refractivity contribution is 5.98. The van der Waals surface area contributed by atoms with Gasteiger partial charge in [-0.05, 0) is 37.0 Å². The predicted octanol–water partition coefficient (Wildman–Crippen LogP) is 2.72. The van der Waals surface area contributed by atoms with E-state index in [1.807, 2.05) is 6.92 Å². The maximum absolute atomic E-state index is 13.5. The summed E-state index contributed by atoms with van der Waals surface area (Å²) in [5.74, 6) is -0.101. The Morgan fingerprint density at radius 1 is 1.19 bits per heavy atom. The van der Waals surface area contributed by atoms with Crippen molar-refractivity contribution >= 4 is 17.9 Å². The van der Waals surface area contributed by atoms with E-state index < -0.39 is 12.0 Å². The van der Waals surface area contributed by atoms with Crippen LogP contribution in [0.5, 0.6) is 0 Å². The van der Waals surface area contributed by atoms with Crippen molar-refractivity contribution in [2.24, 2.45) is 5.92 Å². The number of carbonyl (C=O) groups excluding carboxylic acids is 3. The van der Waals surface area contributed by atoms with Crippen LogP contribution in [0.3, 0.4) is 0 Å². The largest absolute Gasteiger partial charge is 0.465 e. The molecule has 1 atom stereocenters. The van der Waals surface area contributed by atoms with E-state index in [0.29, 0.717) is 55.6 Å². The van der Waals surface area contributed by atoms with Crippen molar-refractivity contribution in [3.05, 3.63) is 46.7 Å². The molecule has 1 aromatic carbocycles. The lowest BCUT2D eigenvalue weighted by Gasteiger charge is -2.38. The second-order valence-corrected chi connectivity index (χ2v) is 8.23. The molecule has 2 heterocycles. The summed E-state index contributed by atoms with van der Waals surface area (Å²) in [5.41, 5.74) is 2.37. The maximum atomic E-state index is 13.5. The number of allylic oxidation sites excluding steroid dienone is 1. The molecule has 0 bridgehead atoms. The van der Waals surface area contributed by atoms with Gasteiger partial charge >= 0.3 is 12.0 Å². The predicted molar refractivity (Wildman–Crippen MR) is 115 cm³/mol. The molecule has 168 valence electrons. The fourth-order valence-corrected chi connectivity index (χ4v) is 3.83. The van der Waals surface area contributed by atoms with E-state index in [1.54, 1.807) is 34.1 Å². The lowest BCUT2D eigenvalue weighted by atomic mass is 9.92. The van der Waals surface area contributed by atoms with E-state index in [2.05, 4.69) is 19.2 Å². The van der Waals surface area contributed by atoms with Crippen LogP contribution < -0.4 is 5.32 Å². The lowest BCUT2D eigenvalue weighted by molar-refractivity contribution is -0.131. The van der Waals surface area contributed by atoms with Gasteiger partial charge in [0.2, 0.25) is 0 Å². The van der Waals surface area contributed by atoms with Crippen LogP contribution in [0.15, 0.2) is 35.5 Å². The zero-order valence-electron chi connectivity index (χ0n) is 18.6. The fraction of sp³-hybridized carbons (Fsp3) is 0.522. The number of esters is 1. The van der Waals surface area contributed by atoms with E-state index >= 15 is 0 Å². The minimum Gasteiger partial charge on any atom is -0.465 e. The summed E-state index contributed by atoms with van der Waals surface area (Å²) in [7, 11) is 1.33. The minimum absolute atomic E-state index is 0.0996. The average molecular weight is 430 g/mol. The topological polar surface area (TPSA) is 88.2 Å². The summed E-state index contributed by atoms with van der Waals surface area (Å²) >= 11 is 0. The number of nitrogens with one attached hydrogen (secondary N) is 1. The minimum atomic E-state index is -0.593. The number of hydrogen-bond donors (Lipinski definition) is 1. The molecule has 8 heteroatoms. The van der Waals surface area contributed by atoms with E-state index in [4.69, 9.17) is 9.47 Å². The van der Waals surface area contributed by atoms with Crippen molar-refractivity contribution in [1.82, 2.24) is 15.1 Å². The number of methoxy groups -OCH3 is 1. The van der Waals surface area contributed by atoms with Crippen molar-refractivity contribution in [1.29, 1.82) is 0 Å². The number of benzene rings is 1. The molecule has 3 amide bonds. The van der Waals surface area contributed by atoms with Gasteiger partial charge in [-0.3, -0.25) is 9.69 Å². The highest BCUT2D eigenvalue weighted by Crippen LogP contribution is 2.32. The molecular formula is C23H31N3O5. The third-order valence-electron chi connectivity index (χ3n) is 5.72. The monoisotopic (exact) mass is 429 g/mol. The molecule has 0 radical (unpaired) electrons. The Kier molecular flexibility index (Phi) is 7.33. The number of carbonyl (C=O) groups is 3. The average Bonchev–Trinajstić information content (AvgIpc) is 2.78. The molecule has 8 nitrogen and oxygen atoms in total. The van der Waals surface area contributed by atoms with E-state index in [1.165, 1.54) is 7.11 Å². The second kappa shape index (κ2) is 9.96. The first kappa shape index (κ1) is 22.8. The first-order valence-corrected chi connectivity index (χ1v) is 10.7. The van der Waals surface area contributed by atoms with Gasteiger partial charge in [0.15, 0.2) is 0 Å². The van der Waals surface area contributed by atoms with E-state index in [0.717, 1.165) is 12.0 Å². The third kappa shape index (κ3) is 5.07. The van der Waals surface area contributed by atoms with Gasteiger partial charge in [-0.25, -0.2) is 9.59 Å². The van der Waals surface area contributed by atoms with Crippen molar-refractivity contribution in [2.45, 2.75) is 33.2 Å². The van der Waals surface area contributed by atoms with Gasteiger partial charge in [0.05, 0.1) is 37.5 Å². The Labute approximate surface area is 183 Å². The SMILES string of the molecule is COC(=O)c1ccc([C@H]2NC(=O)N(CCC(C)C)C(C)=C2C(=O)N2CCOCC2)cc1. The molecular weight excluding hydrogens is 398 g/mol. The number of amides is 3. The number of urea groups is 1. The highest BCUT2D eigenvalue weighted by Gasteiger charge is 2.37. The second-order valence-electron chi connectivity index (χ2n) is 8.23. The summed E-state index contributed by atoms with van der Waals surface area (Å²) in [6.07, 6.45) is 0.836. The van der Waals surface area contributed by atoms with Gasteiger partial charge < -0.3 is 19.7 Å². The van der Waals surface area contributed by atoms with Crippen molar-refractivity contribution in [3.8, 4) is 0 Å². The molecule has 0 aliphatic carbocycles. The number of hydrogen-bond acceptors (Lipinski definition) is 5. The zero-order chi connectivity index (χ0) is 22.5. The lowest BCUT2D eigenvalue weighted by Crippen LogP contribution is -2.51. The Bertz CT molecular complexity index is 856. The first-order valence-electron chi connectivity index (χ1n) is 10.7. The smallest absolute Gasteiger partial charge is 0.337 e. The van der Waals surface area contributed by atoms with E-state index in [-0.39, 0.29) is 11.9 Å². The van der Waals surface area contributed by atoms with Gasteiger partial charge in [0.1, 0.15) is 0 Å². The van der Waals surface area contributed by atoms with Crippen LogP contribution in [0.2, 0.25) is 0 Å². The molecule has 0 aromatic heterocycles. The van der Waals surface area contributed by atoms with Crippen LogP contribution in [0, 0.1) is 5.92 Å². The molecule has 1 N–H and O–H groups in total. The zero-order valence-corrected chi connectivity index (χ0v) is 18.6.